The van der Waals surface area contributed by atoms with Crippen molar-refractivity contribution in [3.63, 3.8) is 0 Å². The van der Waals surface area contributed by atoms with Gasteiger partial charge >= 0.3 is 0 Å². The Labute approximate surface area is 336 Å². The maximum absolute atomic E-state index is 6.61. The minimum absolute atomic E-state index is 0.109. The van der Waals surface area contributed by atoms with Crippen LogP contribution in [0.3, 0.4) is 0 Å². The topological polar surface area (TPSA) is 29.5 Å². The molecular formula is C55H37NO2. The summed E-state index contributed by atoms with van der Waals surface area (Å²) in [5, 5.41) is 6.72. The van der Waals surface area contributed by atoms with E-state index >= 15 is 0 Å². The number of nitrogens with zero attached hydrogens (tertiary/aromatic N) is 1. The Morgan fingerprint density at radius 1 is 0.414 bits per heavy atom. The van der Waals surface area contributed by atoms with Gasteiger partial charge < -0.3 is 13.7 Å². The average Bonchev–Trinajstić information content (AvgIpc) is 3.93. The fourth-order valence-electron chi connectivity index (χ4n) is 9.85. The lowest BCUT2D eigenvalue weighted by molar-refractivity contribution is 0.662. The van der Waals surface area contributed by atoms with Gasteiger partial charge in [0.2, 0.25) is 0 Å². The van der Waals surface area contributed by atoms with Crippen molar-refractivity contribution in [1.82, 2.24) is 0 Å². The van der Waals surface area contributed by atoms with Crippen molar-refractivity contribution >= 4 is 71.7 Å². The van der Waals surface area contributed by atoms with Crippen LogP contribution in [-0.2, 0) is 5.41 Å². The molecule has 58 heavy (non-hydrogen) atoms. The molecule has 0 bridgehead atoms. The molecule has 1 aliphatic carbocycles. The molecule has 2 heterocycles. The second-order valence-electron chi connectivity index (χ2n) is 16.0. The number of furan rings is 2. The normalized spacial score (nSPS) is 13.1. The number of rotatable bonds is 5. The summed E-state index contributed by atoms with van der Waals surface area (Å²) < 4.78 is 13.1. The first-order valence-electron chi connectivity index (χ1n) is 20.0. The molecule has 0 spiro atoms. The molecule has 2 aromatic heterocycles. The highest BCUT2D eigenvalue weighted by molar-refractivity contribution is 6.19. The summed E-state index contributed by atoms with van der Waals surface area (Å²) >= 11 is 0. The second kappa shape index (κ2) is 12.3. The number of fused-ring (bicyclic) bond motifs is 11. The summed E-state index contributed by atoms with van der Waals surface area (Å²) in [6.07, 6.45) is 0. The zero-order valence-corrected chi connectivity index (χ0v) is 32.2. The van der Waals surface area contributed by atoms with Gasteiger partial charge in [-0.15, -0.1) is 0 Å². The summed E-state index contributed by atoms with van der Waals surface area (Å²) in [4.78, 5) is 2.38. The Kier molecular flexibility index (Phi) is 6.98. The van der Waals surface area contributed by atoms with Gasteiger partial charge in [0.25, 0.3) is 0 Å². The van der Waals surface area contributed by atoms with Crippen LogP contribution in [0.25, 0.3) is 88.0 Å². The van der Waals surface area contributed by atoms with Crippen molar-refractivity contribution in [1.29, 1.82) is 0 Å². The molecule has 12 rings (SSSR count). The van der Waals surface area contributed by atoms with Crippen molar-refractivity contribution in [2.45, 2.75) is 19.3 Å². The first-order chi connectivity index (χ1) is 28.5. The molecule has 0 N–H and O–H groups in total. The molecule has 11 aromatic rings. The Morgan fingerprint density at radius 2 is 1.09 bits per heavy atom. The molecule has 0 aliphatic heterocycles. The van der Waals surface area contributed by atoms with Gasteiger partial charge in [-0.3, -0.25) is 0 Å². The van der Waals surface area contributed by atoms with E-state index in [9.17, 15) is 0 Å². The molecule has 0 saturated carbocycles. The van der Waals surface area contributed by atoms with Crippen LogP contribution in [-0.4, -0.2) is 0 Å². The van der Waals surface area contributed by atoms with Crippen LogP contribution in [0, 0.1) is 0 Å². The van der Waals surface area contributed by atoms with Crippen LogP contribution in [0.2, 0.25) is 0 Å². The highest BCUT2D eigenvalue weighted by Crippen LogP contribution is 2.52. The Morgan fingerprint density at radius 3 is 1.98 bits per heavy atom. The number of benzene rings is 9. The van der Waals surface area contributed by atoms with E-state index in [1.54, 1.807) is 0 Å². The quantitative estimate of drug-likeness (QED) is 0.176. The minimum atomic E-state index is -0.109. The van der Waals surface area contributed by atoms with Gasteiger partial charge in [0.05, 0.1) is 11.1 Å². The van der Waals surface area contributed by atoms with Crippen LogP contribution in [0.1, 0.15) is 25.0 Å². The van der Waals surface area contributed by atoms with E-state index in [0.29, 0.717) is 0 Å². The highest BCUT2D eigenvalue weighted by Gasteiger charge is 2.37. The van der Waals surface area contributed by atoms with Crippen LogP contribution in [0.4, 0.5) is 17.1 Å². The van der Waals surface area contributed by atoms with Crippen molar-refractivity contribution in [2.75, 3.05) is 4.90 Å². The Bertz CT molecular complexity index is 3440. The molecule has 9 aromatic carbocycles. The summed E-state index contributed by atoms with van der Waals surface area (Å²) in [6.45, 7) is 4.71. The van der Waals surface area contributed by atoms with Gasteiger partial charge in [0.15, 0.2) is 0 Å². The maximum Gasteiger partial charge on any atom is 0.143 e. The van der Waals surface area contributed by atoms with E-state index in [0.717, 1.165) is 77.5 Å². The summed E-state index contributed by atoms with van der Waals surface area (Å²) in [5.41, 5.74) is 16.8. The van der Waals surface area contributed by atoms with Gasteiger partial charge in [0.1, 0.15) is 22.3 Å². The predicted octanol–water partition coefficient (Wildman–Crippen LogP) is 15.7. The summed E-state index contributed by atoms with van der Waals surface area (Å²) in [7, 11) is 0. The fourth-order valence-corrected chi connectivity index (χ4v) is 9.85. The summed E-state index contributed by atoms with van der Waals surface area (Å²) in [6, 6.07) is 67.6. The molecule has 274 valence electrons. The molecule has 3 heteroatoms. The third-order valence-electron chi connectivity index (χ3n) is 12.4. The molecule has 0 saturated heterocycles. The smallest absolute Gasteiger partial charge is 0.143 e. The third kappa shape index (κ3) is 4.74. The third-order valence-corrected chi connectivity index (χ3v) is 12.4. The molecule has 0 unspecified atom stereocenters. The molecule has 3 nitrogen and oxygen atoms in total. The van der Waals surface area contributed by atoms with Gasteiger partial charge in [-0.25, -0.2) is 0 Å². The van der Waals surface area contributed by atoms with Crippen molar-refractivity contribution < 1.29 is 8.83 Å². The van der Waals surface area contributed by atoms with Gasteiger partial charge in [-0.1, -0.05) is 147 Å². The number of anilines is 3. The second-order valence-corrected chi connectivity index (χ2v) is 16.0. The lowest BCUT2D eigenvalue weighted by Crippen LogP contribution is -2.16. The number of hydrogen-bond donors (Lipinski definition) is 0. The highest BCUT2D eigenvalue weighted by atomic mass is 16.3. The molecule has 0 fully saturated rings. The number of hydrogen-bond acceptors (Lipinski definition) is 3. The Balaban J connectivity index is 1.04. The number of para-hydroxylation sites is 1. The van der Waals surface area contributed by atoms with Crippen LogP contribution in [0.5, 0.6) is 0 Å². The molecule has 0 radical (unpaired) electrons. The summed E-state index contributed by atoms with van der Waals surface area (Å²) in [5.74, 6) is 0. The molecule has 0 atom stereocenters. The zero-order chi connectivity index (χ0) is 38.5. The predicted molar refractivity (Wildman–Crippen MR) is 242 cm³/mol. The average molecular weight is 744 g/mol. The Hall–Kier alpha value is -7.36. The van der Waals surface area contributed by atoms with Crippen molar-refractivity contribution in [2.24, 2.45) is 0 Å². The molecular weight excluding hydrogens is 707 g/mol. The van der Waals surface area contributed by atoms with E-state index in [1.807, 2.05) is 6.07 Å². The van der Waals surface area contributed by atoms with Crippen LogP contribution >= 0.6 is 0 Å². The monoisotopic (exact) mass is 743 g/mol. The van der Waals surface area contributed by atoms with E-state index in [1.165, 1.54) is 38.8 Å². The lowest BCUT2D eigenvalue weighted by Gasteiger charge is -2.27. The van der Waals surface area contributed by atoms with Crippen LogP contribution in [0.15, 0.2) is 197 Å². The SMILES string of the molecule is CC1(C)c2ccccc2-c2cccc(-c3ccc(N(c4cccc(-c5cccc6oc7c8ccccc8ccc7c56)c4)c4cccc5oc6ccccc6c45)cc3)c21. The molecule has 1 aliphatic rings. The van der Waals surface area contributed by atoms with E-state index in [4.69, 9.17) is 8.83 Å². The van der Waals surface area contributed by atoms with Crippen molar-refractivity contribution in [3.05, 3.63) is 199 Å². The fraction of sp³-hybridized carbons (Fsp3) is 0.0545. The minimum Gasteiger partial charge on any atom is -0.456 e. The van der Waals surface area contributed by atoms with Gasteiger partial charge in [-0.05, 0) is 104 Å². The first-order valence-corrected chi connectivity index (χ1v) is 20.0. The zero-order valence-electron chi connectivity index (χ0n) is 32.2. The lowest BCUT2D eigenvalue weighted by atomic mass is 9.79. The van der Waals surface area contributed by atoms with Crippen molar-refractivity contribution in [3.8, 4) is 33.4 Å². The van der Waals surface area contributed by atoms with E-state index in [-0.39, 0.29) is 5.41 Å². The van der Waals surface area contributed by atoms with E-state index in [2.05, 4.69) is 201 Å². The largest absolute Gasteiger partial charge is 0.456 e. The standard InChI is InChI=1S/C55H37NO2/c1-55(2)46-22-7-5-17-42(46)43-21-10-20-40(53(43)55)35-27-30-37(31-28-35)56(47-23-12-26-50-52(47)44-18-6-8-24-48(44)57-50)38-15-9-14-36(33-38)39-19-11-25-49-51(39)45-32-29-34-13-3-4-16-41(34)54(45)58-49/h3-33H,1-2H3. The van der Waals surface area contributed by atoms with E-state index < -0.39 is 0 Å². The van der Waals surface area contributed by atoms with Gasteiger partial charge in [-0.2, -0.15) is 0 Å². The molecule has 0 amide bonds. The maximum atomic E-state index is 6.61. The van der Waals surface area contributed by atoms with Gasteiger partial charge in [0, 0.05) is 38.3 Å². The first kappa shape index (κ1) is 32.8. The van der Waals surface area contributed by atoms with Crippen LogP contribution < -0.4 is 4.90 Å².